The third kappa shape index (κ3) is 6.48. The van der Waals surface area contributed by atoms with Gasteiger partial charge in [0.1, 0.15) is 5.75 Å². The molecule has 3 aromatic rings. The van der Waals surface area contributed by atoms with E-state index in [9.17, 15) is 26.4 Å². The molecule has 2 N–H and O–H groups in total. The zero-order chi connectivity index (χ0) is 23.4. The number of sulfonamides is 1. The molecule has 0 radical (unpaired) electrons. The molecule has 0 aliphatic carbocycles. The number of anilines is 2. The Kier molecular flexibility index (Phi) is 6.73. The summed E-state index contributed by atoms with van der Waals surface area (Å²) in [6.07, 6.45) is -4.45. The standard InChI is InChI=1S/C22H19F3N2O4S/c1-15-5-7-18(8-6-15)27-32(29,30)20-4-2-3-16(13-20)21(28)26-17-9-11-19(12-10-17)31-14-22(23,24)25/h2-13,27H,14H2,1H3,(H,26,28). The maximum atomic E-state index is 12.7. The number of benzene rings is 3. The van der Waals surface area contributed by atoms with Gasteiger partial charge in [0.2, 0.25) is 0 Å². The summed E-state index contributed by atoms with van der Waals surface area (Å²) >= 11 is 0. The Hall–Kier alpha value is -3.53. The van der Waals surface area contributed by atoms with Crippen LogP contribution in [0.15, 0.2) is 77.7 Å². The van der Waals surface area contributed by atoms with Crippen LogP contribution in [0.25, 0.3) is 0 Å². The Balaban J connectivity index is 1.69. The second-order valence-corrected chi connectivity index (χ2v) is 8.56. The van der Waals surface area contributed by atoms with Crippen molar-refractivity contribution in [2.24, 2.45) is 0 Å². The van der Waals surface area contributed by atoms with Gasteiger partial charge in [-0.05, 0) is 61.5 Å². The van der Waals surface area contributed by atoms with Crippen molar-refractivity contribution in [1.82, 2.24) is 0 Å². The highest BCUT2D eigenvalue weighted by atomic mass is 32.2. The van der Waals surface area contributed by atoms with Crippen LogP contribution in [0.1, 0.15) is 15.9 Å². The van der Waals surface area contributed by atoms with Gasteiger partial charge in [-0.15, -0.1) is 0 Å². The molecule has 0 unspecified atom stereocenters. The minimum absolute atomic E-state index is 0.00408. The summed E-state index contributed by atoms with van der Waals surface area (Å²) in [6, 6.07) is 17.6. The number of carbonyl (C=O) groups excluding carboxylic acids is 1. The third-order valence-electron chi connectivity index (χ3n) is 4.22. The average molecular weight is 464 g/mol. The highest BCUT2D eigenvalue weighted by molar-refractivity contribution is 7.92. The predicted octanol–water partition coefficient (Wildman–Crippen LogP) is 4.99. The fraction of sp³-hybridized carbons (Fsp3) is 0.136. The minimum atomic E-state index is -4.45. The predicted molar refractivity (Wildman–Crippen MR) is 114 cm³/mol. The molecule has 1 amide bonds. The van der Waals surface area contributed by atoms with Crippen molar-refractivity contribution >= 4 is 27.3 Å². The van der Waals surface area contributed by atoms with Gasteiger partial charge in [-0.2, -0.15) is 13.2 Å². The number of hydrogen-bond donors (Lipinski definition) is 2. The lowest BCUT2D eigenvalue weighted by atomic mass is 10.2. The van der Waals surface area contributed by atoms with Gasteiger partial charge in [-0.3, -0.25) is 9.52 Å². The SMILES string of the molecule is Cc1ccc(NS(=O)(=O)c2cccc(C(=O)Nc3ccc(OCC(F)(F)F)cc3)c2)cc1. The molecule has 0 aliphatic rings. The van der Waals surface area contributed by atoms with Crippen molar-refractivity contribution in [2.75, 3.05) is 16.6 Å². The smallest absolute Gasteiger partial charge is 0.422 e. The van der Waals surface area contributed by atoms with Crippen LogP contribution in [0.5, 0.6) is 5.75 Å². The number of rotatable bonds is 7. The summed E-state index contributed by atoms with van der Waals surface area (Å²) in [5.74, 6) is -0.586. The monoisotopic (exact) mass is 464 g/mol. The van der Waals surface area contributed by atoms with E-state index in [1.54, 1.807) is 24.3 Å². The maximum absolute atomic E-state index is 12.7. The van der Waals surface area contributed by atoms with Crippen LogP contribution in [0.3, 0.4) is 0 Å². The molecule has 0 spiro atoms. The Morgan fingerprint density at radius 1 is 0.938 bits per heavy atom. The van der Waals surface area contributed by atoms with Crippen LogP contribution in [0, 0.1) is 6.92 Å². The first kappa shape index (κ1) is 23.1. The number of carbonyl (C=O) groups is 1. The molecule has 0 aromatic heterocycles. The highest BCUT2D eigenvalue weighted by Gasteiger charge is 2.28. The molecule has 0 bridgehead atoms. The summed E-state index contributed by atoms with van der Waals surface area (Å²) in [5, 5.41) is 2.56. The average Bonchev–Trinajstić information content (AvgIpc) is 2.74. The van der Waals surface area contributed by atoms with Crippen molar-refractivity contribution in [3.63, 3.8) is 0 Å². The van der Waals surface area contributed by atoms with Crippen LogP contribution >= 0.6 is 0 Å². The van der Waals surface area contributed by atoms with Gasteiger partial charge in [0, 0.05) is 16.9 Å². The van der Waals surface area contributed by atoms with E-state index in [1.165, 1.54) is 48.5 Å². The molecule has 168 valence electrons. The van der Waals surface area contributed by atoms with E-state index in [2.05, 4.69) is 14.8 Å². The largest absolute Gasteiger partial charge is 0.484 e. The van der Waals surface area contributed by atoms with E-state index in [-0.39, 0.29) is 16.2 Å². The van der Waals surface area contributed by atoms with E-state index in [0.717, 1.165) is 5.56 Å². The van der Waals surface area contributed by atoms with Crippen molar-refractivity contribution < 1.29 is 31.1 Å². The molecule has 0 atom stereocenters. The van der Waals surface area contributed by atoms with E-state index in [4.69, 9.17) is 0 Å². The molecule has 0 heterocycles. The van der Waals surface area contributed by atoms with Gasteiger partial charge in [-0.1, -0.05) is 23.8 Å². The number of ether oxygens (including phenoxy) is 1. The number of nitrogens with one attached hydrogen (secondary N) is 2. The number of halogens is 3. The van der Waals surface area contributed by atoms with Gasteiger partial charge in [0.25, 0.3) is 15.9 Å². The molecule has 3 aromatic carbocycles. The zero-order valence-corrected chi connectivity index (χ0v) is 17.6. The Labute approximate surface area is 183 Å². The molecule has 0 saturated carbocycles. The quantitative estimate of drug-likeness (QED) is 0.516. The minimum Gasteiger partial charge on any atom is -0.484 e. The van der Waals surface area contributed by atoms with Gasteiger partial charge in [0.15, 0.2) is 6.61 Å². The van der Waals surface area contributed by atoms with Crippen LogP contribution in [-0.4, -0.2) is 27.1 Å². The van der Waals surface area contributed by atoms with Gasteiger partial charge < -0.3 is 10.1 Å². The second kappa shape index (κ2) is 9.31. The topological polar surface area (TPSA) is 84.5 Å². The molecule has 3 rings (SSSR count). The Morgan fingerprint density at radius 2 is 1.56 bits per heavy atom. The van der Waals surface area contributed by atoms with Crippen LogP contribution in [-0.2, 0) is 10.0 Å². The van der Waals surface area contributed by atoms with Crippen molar-refractivity contribution in [3.05, 3.63) is 83.9 Å². The summed E-state index contributed by atoms with van der Waals surface area (Å²) < 4.78 is 69.0. The van der Waals surface area contributed by atoms with Crippen LogP contribution in [0.2, 0.25) is 0 Å². The Morgan fingerprint density at radius 3 is 2.19 bits per heavy atom. The zero-order valence-electron chi connectivity index (χ0n) is 16.8. The molecule has 6 nitrogen and oxygen atoms in total. The molecule has 0 fully saturated rings. The number of amides is 1. The molecular weight excluding hydrogens is 445 g/mol. The molecule has 10 heteroatoms. The normalized spacial score (nSPS) is 11.6. The van der Waals surface area contributed by atoms with Crippen molar-refractivity contribution in [3.8, 4) is 5.75 Å². The second-order valence-electron chi connectivity index (χ2n) is 6.88. The molecule has 32 heavy (non-hydrogen) atoms. The summed E-state index contributed by atoms with van der Waals surface area (Å²) in [5.41, 5.74) is 1.76. The van der Waals surface area contributed by atoms with E-state index in [1.807, 2.05) is 6.92 Å². The van der Waals surface area contributed by atoms with Crippen LogP contribution in [0.4, 0.5) is 24.5 Å². The fourth-order valence-electron chi connectivity index (χ4n) is 2.64. The van der Waals surface area contributed by atoms with E-state index >= 15 is 0 Å². The first-order valence-electron chi connectivity index (χ1n) is 9.32. The van der Waals surface area contributed by atoms with E-state index < -0.39 is 28.7 Å². The van der Waals surface area contributed by atoms with Gasteiger partial charge in [0.05, 0.1) is 4.90 Å². The first-order chi connectivity index (χ1) is 15.0. The molecule has 0 aliphatic heterocycles. The first-order valence-corrected chi connectivity index (χ1v) is 10.8. The lowest BCUT2D eigenvalue weighted by molar-refractivity contribution is -0.153. The third-order valence-corrected chi connectivity index (χ3v) is 5.60. The summed E-state index contributed by atoms with van der Waals surface area (Å²) in [6.45, 7) is 0.458. The Bertz CT molecular complexity index is 1190. The van der Waals surface area contributed by atoms with Gasteiger partial charge >= 0.3 is 6.18 Å². The van der Waals surface area contributed by atoms with Crippen molar-refractivity contribution in [1.29, 1.82) is 0 Å². The maximum Gasteiger partial charge on any atom is 0.422 e. The number of hydrogen-bond acceptors (Lipinski definition) is 4. The number of alkyl halides is 3. The lowest BCUT2D eigenvalue weighted by Crippen LogP contribution is -2.19. The van der Waals surface area contributed by atoms with E-state index in [0.29, 0.717) is 11.4 Å². The lowest BCUT2D eigenvalue weighted by Gasteiger charge is -2.11. The summed E-state index contributed by atoms with van der Waals surface area (Å²) in [7, 11) is -3.92. The fourth-order valence-corrected chi connectivity index (χ4v) is 3.75. The van der Waals surface area contributed by atoms with Crippen LogP contribution < -0.4 is 14.8 Å². The van der Waals surface area contributed by atoms with Gasteiger partial charge in [-0.25, -0.2) is 8.42 Å². The number of aryl methyl sites for hydroxylation is 1. The molecular formula is C22H19F3N2O4S. The van der Waals surface area contributed by atoms with Crippen molar-refractivity contribution in [2.45, 2.75) is 18.0 Å². The highest BCUT2D eigenvalue weighted by Crippen LogP contribution is 2.22. The summed E-state index contributed by atoms with van der Waals surface area (Å²) in [4.78, 5) is 12.4. The molecule has 0 saturated heterocycles.